The summed E-state index contributed by atoms with van der Waals surface area (Å²) in [7, 11) is 0. The summed E-state index contributed by atoms with van der Waals surface area (Å²) >= 11 is 0. The van der Waals surface area contributed by atoms with Gasteiger partial charge in [-0.05, 0) is 30.7 Å². The van der Waals surface area contributed by atoms with E-state index in [1.54, 1.807) is 0 Å². The van der Waals surface area contributed by atoms with Crippen LogP contribution >= 0.6 is 0 Å². The number of hydrogen-bond donors (Lipinski definition) is 1. The van der Waals surface area contributed by atoms with Crippen molar-refractivity contribution in [3.8, 4) is 0 Å². The molecule has 0 amide bonds. The van der Waals surface area contributed by atoms with Gasteiger partial charge in [-0.2, -0.15) is 0 Å². The van der Waals surface area contributed by atoms with Gasteiger partial charge in [0.2, 0.25) is 0 Å². The lowest BCUT2D eigenvalue weighted by Gasteiger charge is -2.37. The van der Waals surface area contributed by atoms with Crippen molar-refractivity contribution >= 4 is 0 Å². The minimum absolute atomic E-state index is 0.636. The first-order valence-corrected chi connectivity index (χ1v) is 7.66. The Kier molecular flexibility index (Phi) is 7.20. The van der Waals surface area contributed by atoms with Gasteiger partial charge in [0.1, 0.15) is 0 Å². The van der Waals surface area contributed by atoms with Crippen molar-refractivity contribution in [2.24, 2.45) is 23.5 Å². The summed E-state index contributed by atoms with van der Waals surface area (Å²) in [4.78, 5) is 5.21. The van der Waals surface area contributed by atoms with Crippen molar-refractivity contribution in [2.45, 2.75) is 34.1 Å². The molecule has 3 nitrogen and oxygen atoms in total. The van der Waals surface area contributed by atoms with Gasteiger partial charge in [0.25, 0.3) is 0 Å². The lowest BCUT2D eigenvalue weighted by Crippen LogP contribution is -2.49. The molecule has 2 unspecified atom stereocenters. The molecule has 1 aliphatic heterocycles. The smallest absolute Gasteiger partial charge is 0.0110 e. The highest BCUT2D eigenvalue weighted by Crippen LogP contribution is 2.14. The van der Waals surface area contributed by atoms with Crippen LogP contribution in [0.1, 0.15) is 34.1 Å². The topological polar surface area (TPSA) is 32.5 Å². The van der Waals surface area contributed by atoms with E-state index >= 15 is 0 Å². The third-order valence-electron chi connectivity index (χ3n) is 3.88. The average Bonchev–Trinajstić information content (AvgIpc) is 2.30. The molecule has 0 aromatic heterocycles. The number of rotatable bonds is 7. The molecule has 1 fully saturated rings. The summed E-state index contributed by atoms with van der Waals surface area (Å²) < 4.78 is 0. The minimum atomic E-state index is 0.636. The Bertz CT molecular complexity index is 210. The molecule has 0 radical (unpaired) electrons. The van der Waals surface area contributed by atoms with Crippen LogP contribution in [-0.4, -0.2) is 55.6 Å². The van der Waals surface area contributed by atoms with Crippen molar-refractivity contribution in [2.75, 3.05) is 45.8 Å². The molecule has 0 aliphatic carbocycles. The molecular formula is C15H33N3. The van der Waals surface area contributed by atoms with Crippen molar-refractivity contribution in [1.82, 2.24) is 9.80 Å². The summed E-state index contributed by atoms with van der Waals surface area (Å²) in [5.74, 6) is 2.29. The third kappa shape index (κ3) is 6.17. The van der Waals surface area contributed by atoms with Gasteiger partial charge in [-0.15, -0.1) is 0 Å². The van der Waals surface area contributed by atoms with Gasteiger partial charge in [0, 0.05) is 39.3 Å². The zero-order valence-electron chi connectivity index (χ0n) is 12.9. The molecule has 0 spiro atoms. The van der Waals surface area contributed by atoms with Crippen LogP contribution in [0.5, 0.6) is 0 Å². The first-order valence-electron chi connectivity index (χ1n) is 7.66. The normalized spacial score (nSPS) is 22.3. The van der Waals surface area contributed by atoms with Gasteiger partial charge >= 0.3 is 0 Å². The van der Waals surface area contributed by atoms with Crippen LogP contribution in [0.4, 0.5) is 0 Å². The highest BCUT2D eigenvalue weighted by molar-refractivity contribution is 4.75. The van der Waals surface area contributed by atoms with Crippen LogP contribution < -0.4 is 5.73 Å². The zero-order valence-corrected chi connectivity index (χ0v) is 12.9. The molecule has 0 bridgehead atoms. The Morgan fingerprint density at radius 2 is 1.28 bits per heavy atom. The van der Waals surface area contributed by atoms with Crippen LogP contribution in [0.25, 0.3) is 0 Å². The van der Waals surface area contributed by atoms with Crippen LogP contribution in [0.3, 0.4) is 0 Å². The second-order valence-corrected chi connectivity index (χ2v) is 6.68. The van der Waals surface area contributed by atoms with Gasteiger partial charge < -0.3 is 15.5 Å². The number of nitrogens with zero attached hydrogens (tertiary/aromatic N) is 2. The summed E-state index contributed by atoms with van der Waals surface area (Å²) in [5, 5.41) is 0. The van der Waals surface area contributed by atoms with Gasteiger partial charge in [-0.3, -0.25) is 0 Å². The molecule has 18 heavy (non-hydrogen) atoms. The third-order valence-corrected chi connectivity index (χ3v) is 3.88. The van der Waals surface area contributed by atoms with Gasteiger partial charge in [-0.1, -0.05) is 27.7 Å². The molecule has 0 aromatic carbocycles. The summed E-state index contributed by atoms with van der Waals surface area (Å²) in [6.07, 6.45) is 1.35. The summed E-state index contributed by atoms with van der Waals surface area (Å²) in [5.41, 5.74) is 5.69. The van der Waals surface area contributed by atoms with Crippen molar-refractivity contribution < 1.29 is 0 Å². The first-order chi connectivity index (χ1) is 8.51. The lowest BCUT2D eigenvalue weighted by molar-refractivity contribution is 0.107. The molecule has 3 heteroatoms. The molecule has 2 atom stereocenters. The highest BCUT2D eigenvalue weighted by atomic mass is 15.3. The Hall–Kier alpha value is -0.120. The van der Waals surface area contributed by atoms with E-state index in [0.717, 1.165) is 18.4 Å². The zero-order chi connectivity index (χ0) is 13.5. The predicted molar refractivity (Wildman–Crippen MR) is 79.7 cm³/mol. The summed E-state index contributed by atoms with van der Waals surface area (Å²) in [6, 6.07) is 0. The standard InChI is InChI=1S/C15H33N3/c1-13(2)9-14(3)11-17-5-7-18(8-6-17)12-15(4)10-16/h13-15H,5-12,16H2,1-4H3. The highest BCUT2D eigenvalue weighted by Gasteiger charge is 2.19. The molecular weight excluding hydrogens is 222 g/mol. The Morgan fingerprint density at radius 3 is 1.67 bits per heavy atom. The van der Waals surface area contributed by atoms with Gasteiger partial charge in [-0.25, -0.2) is 0 Å². The fourth-order valence-electron chi connectivity index (χ4n) is 2.99. The predicted octanol–water partition coefficient (Wildman–Crippen LogP) is 1.88. The number of piperazine rings is 1. The SMILES string of the molecule is CC(C)CC(C)CN1CCN(CC(C)CN)CC1. The van der Waals surface area contributed by atoms with E-state index < -0.39 is 0 Å². The van der Waals surface area contributed by atoms with Crippen LogP contribution in [0, 0.1) is 17.8 Å². The van der Waals surface area contributed by atoms with Crippen molar-refractivity contribution in [3.05, 3.63) is 0 Å². The summed E-state index contributed by atoms with van der Waals surface area (Å²) in [6.45, 7) is 17.5. The first kappa shape index (κ1) is 15.9. The Morgan fingerprint density at radius 1 is 0.833 bits per heavy atom. The molecule has 108 valence electrons. The second kappa shape index (κ2) is 8.13. The molecule has 1 aliphatic rings. The maximum atomic E-state index is 5.69. The van der Waals surface area contributed by atoms with Gasteiger partial charge in [0.15, 0.2) is 0 Å². The largest absolute Gasteiger partial charge is 0.330 e. The molecule has 2 N–H and O–H groups in total. The van der Waals surface area contributed by atoms with Crippen molar-refractivity contribution in [3.63, 3.8) is 0 Å². The minimum Gasteiger partial charge on any atom is -0.330 e. The van der Waals surface area contributed by atoms with E-state index in [-0.39, 0.29) is 0 Å². The lowest BCUT2D eigenvalue weighted by atomic mass is 9.98. The molecule has 1 saturated heterocycles. The average molecular weight is 255 g/mol. The maximum absolute atomic E-state index is 5.69. The fraction of sp³-hybridized carbons (Fsp3) is 1.00. The van der Waals surface area contributed by atoms with E-state index in [9.17, 15) is 0 Å². The van der Waals surface area contributed by atoms with Gasteiger partial charge in [0.05, 0.1) is 0 Å². The van der Waals surface area contributed by atoms with Crippen LogP contribution in [0.2, 0.25) is 0 Å². The Labute approximate surface area is 114 Å². The maximum Gasteiger partial charge on any atom is 0.0110 e. The number of nitrogens with two attached hydrogens (primary N) is 1. The molecule has 0 aromatic rings. The fourth-order valence-corrected chi connectivity index (χ4v) is 2.99. The molecule has 0 saturated carbocycles. The quantitative estimate of drug-likeness (QED) is 0.754. The second-order valence-electron chi connectivity index (χ2n) is 6.68. The van der Waals surface area contributed by atoms with Crippen LogP contribution in [0.15, 0.2) is 0 Å². The van der Waals surface area contributed by atoms with E-state index in [1.165, 1.54) is 45.7 Å². The van der Waals surface area contributed by atoms with E-state index in [0.29, 0.717) is 5.92 Å². The molecule has 1 rings (SSSR count). The monoisotopic (exact) mass is 255 g/mol. The molecule has 1 heterocycles. The van der Waals surface area contributed by atoms with E-state index in [2.05, 4.69) is 37.5 Å². The number of hydrogen-bond acceptors (Lipinski definition) is 3. The van der Waals surface area contributed by atoms with Crippen molar-refractivity contribution in [1.29, 1.82) is 0 Å². The van der Waals surface area contributed by atoms with E-state index in [1.807, 2.05) is 0 Å². The van der Waals surface area contributed by atoms with Crippen LogP contribution in [-0.2, 0) is 0 Å². The Balaban J connectivity index is 2.18. The van der Waals surface area contributed by atoms with E-state index in [4.69, 9.17) is 5.73 Å².